The zero-order valence-corrected chi connectivity index (χ0v) is 15.6. The fourth-order valence-corrected chi connectivity index (χ4v) is 3.39. The van der Waals surface area contributed by atoms with Crippen molar-refractivity contribution in [3.05, 3.63) is 54.0 Å². The summed E-state index contributed by atoms with van der Waals surface area (Å²) in [5, 5.41) is 12.1. The Kier molecular flexibility index (Phi) is 4.62. The molecule has 1 amide bonds. The van der Waals surface area contributed by atoms with Gasteiger partial charge in [0.1, 0.15) is 5.82 Å². The molecule has 1 atom stereocenters. The number of hydrogen-bond donors (Lipinski definition) is 1. The minimum Gasteiger partial charge on any atom is -0.387 e. The lowest BCUT2D eigenvalue weighted by atomic mass is 9.99. The van der Waals surface area contributed by atoms with E-state index in [0.717, 1.165) is 46.7 Å². The van der Waals surface area contributed by atoms with Crippen LogP contribution < -0.4 is 4.90 Å². The fourth-order valence-electron chi connectivity index (χ4n) is 3.39. The molecule has 3 aromatic rings. The molecule has 2 aromatic heterocycles. The van der Waals surface area contributed by atoms with Gasteiger partial charge in [-0.1, -0.05) is 19.1 Å². The summed E-state index contributed by atoms with van der Waals surface area (Å²) in [4.78, 5) is 22.0. The average molecular weight is 361 g/mol. The second kappa shape index (κ2) is 7.08. The lowest BCUT2D eigenvalue weighted by molar-refractivity contribution is -0.107. The highest BCUT2D eigenvalue weighted by Crippen LogP contribution is 2.32. The fraction of sp³-hybridized carbons (Fsp3) is 0.318. The zero-order chi connectivity index (χ0) is 19.0. The maximum atomic E-state index is 11.4. The van der Waals surface area contributed by atoms with Gasteiger partial charge in [0, 0.05) is 29.4 Å². The number of aryl methyl sites for hydroxylation is 1. The number of nitrogens with zero attached hydrogens (tertiary/aromatic N) is 3. The monoisotopic (exact) mass is 361 g/mol. The van der Waals surface area contributed by atoms with E-state index in [2.05, 4.69) is 28.2 Å². The summed E-state index contributed by atoms with van der Waals surface area (Å²) in [6, 6.07) is 10.4. The highest BCUT2D eigenvalue weighted by atomic mass is 16.3. The standard InChI is InChI=1S/C22H23N3O2/c1-3-21(27)20-8-14(2)19(12-23-20)16-5-4-15-10-22(24-11-17(15)9-16)25(13-26)18-6-7-18/h4-5,8-13,18,21,27H,3,6-7H2,1-2H3/t21-/m0/s1. The molecular weight excluding hydrogens is 338 g/mol. The molecule has 0 bridgehead atoms. The molecule has 0 spiro atoms. The maximum Gasteiger partial charge on any atom is 0.215 e. The van der Waals surface area contributed by atoms with E-state index in [9.17, 15) is 9.90 Å². The van der Waals surface area contributed by atoms with Gasteiger partial charge in [-0.3, -0.25) is 14.7 Å². The average Bonchev–Trinajstić information content (AvgIpc) is 3.52. The second-order valence-electron chi connectivity index (χ2n) is 7.20. The minimum atomic E-state index is -0.524. The number of aliphatic hydroxyl groups is 1. The molecule has 1 aliphatic carbocycles. The van der Waals surface area contributed by atoms with Crippen molar-refractivity contribution in [2.75, 3.05) is 4.90 Å². The van der Waals surface area contributed by atoms with Gasteiger partial charge in [0.25, 0.3) is 0 Å². The molecule has 0 aliphatic heterocycles. The Bertz CT molecular complexity index is 998. The molecule has 27 heavy (non-hydrogen) atoms. The van der Waals surface area contributed by atoms with Gasteiger partial charge in [0.15, 0.2) is 0 Å². The first-order valence-corrected chi connectivity index (χ1v) is 9.39. The number of benzene rings is 1. The molecule has 0 unspecified atom stereocenters. The Morgan fingerprint density at radius 1 is 1.19 bits per heavy atom. The van der Waals surface area contributed by atoms with Crippen LogP contribution in [0.2, 0.25) is 0 Å². The van der Waals surface area contributed by atoms with Crippen molar-refractivity contribution in [3.63, 3.8) is 0 Å². The molecule has 1 aliphatic rings. The van der Waals surface area contributed by atoms with Crippen LogP contribution in [-0.4, -0.2) is 27.5 Å². The van der Waals surface area contributed by atoms with E-state index in [4.69, 9.17) is 0 Å². The predicted octanol–water partition coefficient (Wildman–Crippen LogP) is 4.17. The summed E-state index contributed by atoms with van der Waals surface area (Å²) in [6.45, 7) is 3.97. The number of pyridine rings is 2. The number of carbonyl (C=O) groups is 1. The topological polar surface area (TPSA) is 66.3 Å². The number of anilines is 1. The number of carbonyl (C=O) groups excluding carboxylic acids is 1. The van der Waals surface area contributed by atoms with E-state index in [0.29, 0.717) is 24.0 Å². The number of fused-ring (bicyclic) bond motifs is 1. The molecule has 2 heterocycles. The van der Waals surface area contributed by atoms with Crippen molar-refractivity contribution >= 4 is 23.0 Å². The van der Waals surface area contributed by atoms with Crippen LogP contribution in [-0.2, 0) is 4.79 Å². The first kappa shape index (κ1) is 17.6. The largest absolute Gasteiger partial charge is 0.387 e. The predicted molar refractivity (Wildman–Crippen MR) is 107 cm³/mol. The molecule has 4 rings (SSSR count). The summed E-state index contributed by atoms with van der Waals surface area (Å²) in [7, 11) is 0. The molecule has 1 aromatic carbocycles. The van der Waals surface area contributed by atoms with Crippen LogP contribution in [0.15, 0.2) is 42.7 Å². The molecule has 0 saturated heterocycles. The first-order valence-electron chi connectivity index (χ1n) is 9.39. The van der Waals surface area contributed by atoms with Crippen molar-refractivity contribution in [3.8, 4) is 11.1 Å². The maximum absolute atomic E-state index is 11.4. The van der Waals surface area contributed by atoms with Gasteiger partial charge in [0.05, 0.1) is 11.8 Å². The van der Waals surface area contributed by atoms with Gasteiger partial charge < -0.3 is 5.11 Å². The second-order valence-corrected chi connectivity index (χ2v) is 7.20. The van der Waals surface area contributed by atoms with Crippen molar-refractivity contribution in [1.29, 1.82) is 0 Å². The number of aliphatic hydroxyl groups excluding tert-OH is 1. The van der Waals surface area contributed by atoms with Crippen molar-refractivity contribution in [2.24, 2.45) is 0 Å². The van der Waals surface area contributed by atoms with E-state index < -0.39 is 6.10 Å². The van der Waals surface area contributed by atoms with Crippen LogP contribution in [0.25, 0.3) is 21.9 Å². The molecule has 0 radical (unpaired) electrons. The number of hydrogen-bond acceptors (Lipinski definition) is 4. The summed E-state index contributed by atoms with van der Waals surface area (Å²) in [6.07, 6.45) is 6.75. The number of rotatable bonds is 6. The number of aromatic nitrogens is 2. The Morgan fingerprint density at radius 3 is 2.67 bits per heavy atom. The van der Waals surface area contributed by atoms with Crippen molar-refractivity contribution < 1.29 is 9.90 Å². The quantitative estimate of drug-likeness (QED) is 0.669. The Hall–Kier alpha value is -2.79. The molecule has 1 saturated carbocycles. The summed E-state index contributed by atoms with van der Waals surface area (Å²) < 4.78 is 0. The third kappa shape index (κ3) is 3.43. The van der Waals surface area contributed by atoms with Crippen LogP contribution in [0.4, 0.5) is 5.82 Å². The lowest BCUT2D eigenvalue weighted by Gasteiger charge is -2.16. The van der Waals surface area contributed by atoms with Gasteiger partial charge in [-0.05, 0) is 60.9 Å². The Balaban J connectivity index is 1.68. The van der Waals surface area contributed by atoms with Gasteiger partial charge in [0.2, 0.25) is 6.41 Å². The van der Waals surface area contributed by atoms with E-state index in [1.807, 2.05) is 38.4 Å². The Labute approximate surface area is 158 Å². The van der Waals surface area contributed by atoms with E-state index >= 15 is 0 Å². The number of amides is 1. The SMILES string of the molecule is CC[C@H](O)c1cc(C)c(-c2ccc3cc(N(C=O)C4CC4)ncc3c2)cn1. The zero-order valence-electron chi connectivity index (χ0n) is 15.6. The highest BCUT2D eigenvalue weighted by molar-refractivity contribution is 5.90. The smallest absolute Gasteiger partial charge is 0.215 e. The van der Waals surface area contributed by atoms with Gasteiger partial charge in [-0.15, -0.1) is 0 Å². The molecule has 1 N–H and O–H groups in total. The van der Waals surface area contributed by atoms with E-state index in [-0.39, 0.29) is 0 Å². The summed E-state index contributed by atoms with van der Waals surface area (Å²) >= 11 is 0. The lowest BCUT2D eigenvalue weighted by Crippen LogP contribution is -2.24. The van der Waals surface area contributed by atoms with Crippen LogP contribution in [0.3, 0.4) is 0 Å². The third-order valence-corrected chi connectivity index (χ3v) is 5.20. The first-order chi connectivity index (χ1) is 13.1. The van der Waals surface area contributed by atoms with E-state index in [1.54, 1.807) is 4.90 Å². The van der Waals surface area contributed by atoms with E-state index in [1.165, 1.54) is 0 Å². The van der Waals surface area contributed by atoms with Crippen molar-refractivity contribution in [1.82, 2.24) is 9.97 Å². The molecule has 138 valence electrons. The normalized spacial score (nSPS) is 14.9. The summed E-state index contributed by atoms with van der Waals surface area (Å²) in [5.74, 6) is 0.712. The van der Waals surface area contributed by atoms with Crippen molar-refractivity contribution in [2.45, 2.75) is 45.3 Å². The summed E-state index contributed by atoms with van der Waals surface area (Å²) in [5.41, 5.74) is 3.90. The van der Waals surface area contributed by atoms with Gasteiger partial charge >= 0.3 is 0 Å². The van der Waals surface area contributed by atoms with Crippen LogP contribution in [0.1, 0.15) is 43.5 Å². The Morgan fingerprint density at radius 2 is 2.00 bits per heavy atom. The highest BCUT2D eigenvalue weighted by Gasteiger charge is 2.29. The van der Waals surface area contributed by atoms with Crippen LogP contribution >= 0.6 is 0 Å². The minimum absolute atomic E-state index is 0.303. The van der Waals surface area contributed by atoms with Gasteiger partial charge in [-0.2, -0.15) is 0 Å². The van der Waals surface area contributed by atoms with Gasteiger partial charge in [-0.25, -0.2) is 4.98 Å². The van der Waals surface area contributed by atoms with Crippen LogP contribution in [0, 0.1) is 6.92 Å². The third-order valence-electron chi connectivity index (χ3n) is 5.20. The molecule has 5 heteroatoms. The molecular formula is C22H23N3O2. The molecule has 1 fully saturated rings. The molecule has 5 nitrogen and oxygen atoms in total. The van der Waals surface area contributed by atoms with Crippen LogP contribution in [0.5, 0.6) is 0 Å².